The molecule has 0 atom stereocenters. The highest BCUT2D eigenvalue weighted by atomic mass is 79.9. The summed E-state index contributed by atoms with van der Waals surface area (Å²) in [5.41, 5.74) is 1.78. The molecular formula is C11H15Br. The predicted octanol–water partition coefficient (Wildman–Crippen LogP) is 4.04. The molecule has 0 N–H and O–H groups in total. The van der Waals surface area contributed by atoms with Crippen LogP contribution in [0.4, 0.5) is 0 Å². The quantitative estimate of drug-likeness (QED) is 0.679. The Bertz CT molecular complexity index is 258. The second kappa shape index (κ2) is 3.61. The summed E-state index contributed by atoms with van der Waals surface area (Å²) in [6.07, 6.45) is 1.13. The average Bonchev–Trinajstić information content (AvgIpc) is 1.82. The number of hydrogen-bond acceptors (Lipinski definition) is 0. The third-order valence-electron chi connectivity index (χ3n) is 1.62. The molecule has 12 heavy (non-hydrogen) atoms. The number of rotatable bonds is 1. The van der Waals surface area contributed by atoms with Gasteiger partial charge in [0.05, 0.1) is 0 Å². The summed E-state index contributed by atoms with van der Waals surface area (Å²) in [4.78, 5) is 0. The zero-order chi connectivity index (χ0) is 9.19. The van der Waals surface area contributed by atoms with E-state index >= 15 is 0 Å². The van der Waals surface area contributed by atoms with Gasteiger partial charge in [-0.05, 0) is 29.5 Å². The maximum atomic E-state index is 3.47. The normalized spacial score (nSPS) is 11.7. The number of halogens is 1. The maximum Gasteiger partial charge on any atom is 0.0177 e. The summed E-state index contributed by atoms with van der Waals surface area (Å²) in [5.74, 6) is 0. The highest BCUT2D eigenvalue weighted by Crippen LogP contribution is 2.22. The first kappa shape index (κ1) is 9.79. The van der Waals surface area contributed by atoms with Crippen LogP contribution < -0.4 is 0 Å². The Labute approximate surface area is 83.1 Å². The lowest BCUT2D eigenvalue weighted by Gasteiger charge is -2.17. The molecular weight excluding hydrogens is 212 g/mol. The van der Waals surface area contributed by atoms with Crippen LogP contribution in [0.5, 0.6) is 0 Å². The average molecular weight is 227 g/mol. The molecule has 0 fully saturated rings. The van der Waals surface area contributed by atoms with Gasteiger partial charge in [0, 0.05) is 4.47 Å². The van der Waals surface area contributed by atoms with E-state index < -0.39 is 0 Å². The topological polar surface area (TPSA) is 0 Å². The second-order valence-electron chi connectivity index (χ2n) is 4.37. The molecule has 1 aromatic rings. The smallest absolute Gasteiger partial charge is 0.0177 e. The van der Waals surface area contributed by atoms with Crippen LogP contribution in [0, 0.1) is 5.41 Å². The molecule has 0 amide bonds. The molecule has 66 valence electrons. The molecule has 1 rings (SSSR count). The number of benzene rings is 1. The molecule has 0 radical (unpaired) electrons. The zero-order valence-electron chi connectivity index (χ0n) is 7.89. The Morgan fingerprint density at radius 1 is 1.25 bits per heavy atom. The van der Waals surface area contributed by atoms with E-state index in [1.165, 1.54) is 10.0 Å². The van der Waals surface area contributed by atoms with Gasteiger partial charge < -0.3 is 0 Å². The maximum absolute atomic E-state index is 3.47. The Morgan fingerprint density at radius 3 is 2.42 bits per heavy atom. The van der Waals surface area contributed by atoms with Gasteiger partial charge in [0.15, 0.2) is 0 Å². The van der Waals surface area contributed by atoms with Crippen molar-refractivity contribution in [1.29, 1.82) is 0 Å². The number of hydrogen-bond donors (Lipinski definition) is 0. The van der Waals surface area contributed by atoms with Crippen molar-refractivity contribution in [3.8, 4) is 0 Å². The van der Waals surface area contributed by atoms with Crippen molar-refractivity contribution in [2.75, 3.05) is 0 Å². The van der Waals surface area contributed by atoms with Crippen LogP contribution in [0.3, 0.4) is 0 Å². The molecule has 0 heterocycles. The fourth-order valence-corrected chi connectivity index (χ4v) is 1.71. The largest absolute Gasteiger partial charge is 0.0609 e. The predicted molar refractivity (Wildman–Crippen MR) is 57.3 cm³/mol. The first-order valence-electron chi connectivity index (χ1n) is 4.22. The molecule has 0 aliphatic heterocycles. The van der Waals surface area contributed by atoms with Gasteiger partial charge in [0.25, 0.3) is 0 Å². The lowest BCUT2D eigenvalue weighted by atomic mass is 9.88. The van der Waals surface area contributed by atoms with E-state index in [2.05, 4.69) is 61.0 Å². The summed E-state index contributed by atoms with van der Waals surface area (Å²) in [6.45, 7) is 6.77. The van der Waals surface area contributed by atoms with E-state index in [4.69, 9.17) is 0 Å². The van der Waals surface area contributed by atoms with Crippen LogP contribution in [0.25, 0.3) is 0 Å². The van der Waals surface area contributed by atoms with Crippen molar-refractivity contribution < 1.29 is 0 Å². The fraction of sp³-hybridized carbons (Fsp3) is 0.455. The zero-order valence-corrected chi connectivity index (χ0v) is 9.48. The van der Waals surface area contributed by atoms with Gasteiger partial charge in [-0.3, -0.25) is 0 Å². The molecule has 0 saturated carbocycles. The van der Waals surface area contributed by atoms with Crippen LogP contribution in [0.2, 0.25) is 0 Å². The molecule has 1 aromatic carbocycles. The molecule has 0 bridgehead atoms. The van der Waals surface area contributed by atoms with Crippen molar-refractivity contribution in [3.05, 3.63) is 34.3 Å². The Morgan fingerprint density at radius 2 is 1.92 bits per heavy atom. The summed E-state index contributed by atoms with van der Waals surface area (Å²) < 4.78 is 1.17. The molecule has 0 unspecified atom stereocenters. The van der Waals surface area contributed by atoms with Gasteiger partial charge in [-0.2, -0.15) is 0 Å². The molecule has 0 nitrogen and oxygen atoms in total. The first-order chi connectivity index (χ1) is 5.47. The van der Waals surface area contributed by atoms with Crippen LogP contribution in [0.15, 0.2) is 28.7 Å². The molecule has 1 heteroatoms. The standard InChI is InChI=1S/C11H15Br/c1-11(2,3)8-9-5-4-6-10(12)7-9/h4-7H,8H2,1-3H3. The van der Waals surface area contributed by atoms with E-state index in [1.54, 1.807) is 0 Å². The third kappa shape index (κ3) is 3.40. The highest BCUT2D eigenvalue weighted by Gasteiger charge is 2.10. The third-order valence-corrected chi connectivity index (χ3v) is 2.12. The van der Waals surface area contributed by atoms with E-state index in [9.17, 15) is 0 Å². The van der Waals surface area contributed by atoms with Gasteiger partial charge in [0.2, 0.25) is 0 Å². The van der Waals surface area contributed by atoms with Crippen molar-refractivity contribution in [2.45, 2.75) is 27.2 Å². The van der Waals surface area contributed by atoms with Gasteiger partial charge >= 0.3 is 0 Å². The Kier molecular flexibility index (Phi) is 2.94. The van der Waals surface area contributed by atoms with Crippen molar-refractivity contribution in [3.63, 3.8) is 0 Å². The van der Waals surface area contributed by atoms with E-state index in [1.807, 2.05) is 0 Å². The monoisotopic (exact) mass is 226 g/mol. The molecule has 0 aliphatic carbocycles. The lowest BCUT2D eigenvalue weighted by Crippen LogP contribution is -2.08. The van der Waals surface area contributed by atoms with Crippen LogP contribution in [-0.4, -0.2) is 0 Å². The molecule has 0 spiro atoms. The van der Waals surface area contributed by atoms with Crippen LogP contribution >= 0.6 is 15.9 Å². The summed E-state index contributed by atoms with van der Waals surface area (Å²) >= 11 is 3.47. The van der Waals surface area contributed by atoms with Gasteiger partial charge in [0.1, 0.15) is 0 Å². The van der Waals surface area contributed by atoms with Gasteiger partial charge in [-0.25, -0.2) is 0 Å². The minimum absolute atomic E-state index is 0.376. The van der Waals surface area contributed by atoms with Crippen LogP contribution in [-0.2, 0) is 6.42 Å². The van der Waals surface area contributed by atoms with E-state index in [0.717, 1.165) is 6.42 Å². The van der Waals surface area contributed by atoms with Crippen molar-refractivity contribution in [1.82, 2.24) is 0 Å². The minimum atomic E-state index is 0.376. The highest BCUT2D eigenvalue weighted by molar-refractivity contribution is 9.10. The summed E-state index contributed by atoms with van der Waals surface area (Å²) in [6, 6.07) is 8.51. The Hall–Kier alpha value is -0.300. The summed E-state index contributed by atoms with van der Waals surface area (Å²) in [5, 5.41) is 0. The Balaban J connectivity index is 2.77. The summed E-state index contributed by atoms with van der Waals surface area (Å²) in [7, 11) is 0. The molecule has 0 saturated heterocycles. The minimum Gasteiger partial charge on any atom is -0.0609 e. The lowest BCUT2D eigenvalue weighted by molar-refractivity contribution is 0.411. The van der Waals surface area contributed by atoms with Crippen LogP contribution in [0.1, 0.15) is 26.3 Å². The van der Waals surface area contributed by atoms with E-state index in [0.29, 0.717) is 5.41 Å². The first-order valence-corrected chi connectivity index (χ1v) is 5.01. The van der Waals surface area contributed by atoms with Gasteiger partial charge in [-0.15, -0.1) is 0 Å². The van der Waals surface area contributed by atoms with Crippen molar-refractivity contribution >= 4 is 15.9 Å². The van der Waals surface area contributed by atoms with Gasteiger partial charge in [-0.1, -0.05) is 48.8 Å². The SMILES string of the molecule is CC(C)(C)Cc1cccc(Br)c1. The second-order valence-corrected chi connectivity index (χ2v) is 5.28. The fourth-order valence-electron chi connectivity index (χ4n) is 1.26. The molecule has 0 aromatic heterocycles. The van der Waals surface area contributed by atoms with E-state index in [-0.39, 0.29) is 0 Å². The molecule has 0 aliphatic rings. The van der Waals surface area contributed by atoms with Crippen molar-refractivity contribution in [2.24, 2.45) is 5.41 Å².